The van der Waals surface area contributed by atoms with Crippen LogP contribution in [0.1, 0.15) is 26.3 Å². The largest absolute Gasteiger partial charge is 0.507 e. The summed E-state index contributed by atoms with van der Waals surface area (Å²) in [5.41, 5.74) is -0.252. The number of hydrogen-bond acceptors (Lipinski definition) is 3. The van der Waals surface area contributed by atoms with E-state index in [4.69, 9.17) is 27.9 Å². The van der Waals surface area contributed by atoms with Gasteiger partial charge in [-0.3, -0.25) is 0 Å². The van der Waals surface area contributed by atoms with Gasteiger partial charge in [-0.2, -0.15) is 0 Å². The molecule has 0 unspecified atom stereocenters. The molecule has 0 radical (unpaired) electrons. The van der Waals surface area contributed by atoms with Crippen LogP contribution in [0.25, 0.3) is 5.76 Å². The summed E-state index contributed by atoms with van der Waals surface area (Å²) in [4.78, 5) is 11.5. The Morgan fingerprint density at radius 1 is 1.22 bits per heavy atom. The highest BCUT2D eigenvalue weighted by Crippen LogP contribution is 2.23. The lowest BCUT2D eigenvalue weighted by atomic mass is 10.1. The first-order chi connectivity index (χ1) is 8.17. The molecule has 0 aliphatic carbocycles. The van der Waals surface area contributed by atoms with Gasteiger partial charge in [-0.1, -0.05) is 23.2 Å². The average molecular weight is 289 g/mol. The van der Waals surface area contributed by atoms with Gasteiger partial charge in [-0.25, -0.2) is 4.79 Å². The summed E-state index contributed by atoms with van der Waals surface area (Å²) in [5, 5.41) is 10.5. The zero-order valence-electron chi connectivity index (χ0n) is 10.3. The van der Waals surface area contributed by atoms with Crippen LogP contribution in [0.2, 0.25) is 10.0 Å². The van der Waals surface area contributed by atoms with Crippen LogP contribution in [-0.4, -0.2) is 16.7 Å². The first-order valence-electron chi connectivity index (χ1n) is 5.27. The van der Waals surface area contributed by atoms with Gasteiger partial charge in [0.25, 0.3) is 0 Å². The highest BCUT2D eigenvalue weighted by Gasteiger charge is 2.15. The maximum absolute atomic E-state index is 11.5. The predicted octanol–water partition coefficient (Wildman–Crippen LogP) is 4.23. The molecular formula is C13H14Cl2O3. The number of esters is 1. The van der Waals surface area contributed by atoms with Crippen molar-refractivity contribution in [2.75, 3.05) is 0 Å². The smallest absolute Gasteiger partial charge is 0.335 e. The van der Waals surface area contributed by atoms with E-state index in [-0.39, 0.29) is 5.76 Å². The van der Waals surface area contributed by atoms with E-state index in [0.29, 0.717) is 15.6 Å². The summed E-state index contributed by atoms with van der Waals surface area (Å²) in [5.74, 6) is -0.871. The van der Waals surface area contributed by atoms with Crippen LogP contribution >= 0.6 is 23.2 Å². The van der Waals surface area contributed by atoms with Crippen LogP contribution in [0.5, 0.6) is 0 Å². The van der Waals surface area contributed by atoms with Crippen molar-refractivity contribution in [3.8, 4) is 0 Å². The molecule has 0 fully saturated rings. The highest BCUT2D eigenvalue weighted by atomic mass is 35.5. The first-order valence-corrected chi connectivity index (χ1v) is 6.03. The van der Waals surface area contributed by atoms with Crippen molar-refractivity contribution in [3.63, 3.8) is 0 Å². The number of carbonyl (C=O) groups is 1. The number of benzene rings is 1. The van der Waals surface area contributed by atoms with E-state index in [2.05, 4.69) is 0 Å². The van der Waals surface area contributed by atoms with E-state index in [1.165, 1.54) is 18.2 Å². The standard InChI is InChI=1S/C13H14Cl2O3/c1-13(2,3)18-12(17)7-11(16)8-4-9(14)6-10(15)5-8/h4-7,16H,1-3H3. The summed E-state index contributed by atoms with van der Waals surface area (Å²) in [7, 11) is 0. The van der Waals surface area contributed by atoms with Crippen molar-refractivity contribution in [2.45, 2.75) is 26.4 Å². The number of halogens is 2. The molecule has 0 amide bonds. The molecule has 1 N–H and O–H groups in total. The summed E-state index contributed by atoms with van der Waals surface area (Å²) >= 11 is 11.6. The van der Waals surface area contributed by atoms with Gasteiger partial charge in [-0.05, 0) is 39.0 Å². The van der Waals surface area contributed by atoms with Gasteiger partial charge >= 0.3 is 5.97 Å². The van der Waals surface area contributed by atoms with E-state index in [9.17, 15) is 9.90 Å². The predicted molar refractivity (Wildman–Crippen MR) is 72.9 cm³/mol. The Balaban J connectivity index is 2.92. The van der Waals surface area contributed by atoms with E-state index in [0.717, 1.165) is 6.08 Å². The second kappa shape index (κ2) is 5.63. The number of aliphatic hydroxyl groups is 1. The van der Waals surface area contributed by atoms with E-state index in [1.807, 2.05) is 0 Å². The minimum atomic E-state index is -0.629. The monoisotopic (exact) mass is 288 g/mol. The molecule has 0 spiro atoms. The van der Waals surface area contributed by atoms with Crippen LogP contribution in [0, 0.1) is 0 Å². The molecule has 18 heavy (non-hydrogen) atoms. The molecule has 0 heterocycles. The SMILES string of the molecule is CC(C)(C)OC(=O)C=C(O)c1cc(Cl)cc(Cl)c1. The lowest BCUT2D eigenvalue weighted by Gasteiger charge is -2.18. The minimum Gasteiger partial charge on any atom is -0.507 e. The van der Waals surface area contributed by atoms with Gasteiger partial charge in [0.1, 0.15) is 11.4 Å². The number of ether oxygens (including phenoxy) is 1. The Kier molecular flexibility index (Phi) is 4.65. The summed E-state index contributed by atoms with van der Waals surface area (Å²) in [6.45, 7) is 5.23. The molecule has 5 heteroatoms. The first kappa shape index (κ1) is 14.9. The van der Waals surface area contributed by atoms with Crippen LogP contribution < -0.4 is 0 Å². The molecule has 1 aromatic rings. The summed E-state index contributed by atoms with van der Waals surface area (Å²) < 4.78 is 5.05. The van der Waals surface area contributed by atoms with Crippen molar-refractivity contribution >= 4 is 34.9 Å². The molecular weight excluding hydrogens is 275 g/mol. The molecule has 98 valence electrons. The van der Waals surface area contributed by atoms with Crippen LogP contribution in [0.15, 0.2) is 24.3 Å². The fourth-order valence-corrected chi connectivity index (χ4v) is 1.75. The lowest BCUT2D eigenvalue weighted by molar-refractivity contribution is -0.148. The van der Waals surface area contributed by atoms with Gasteiger partial charge in [0.2, 0.25) is 0 Å². The number of rotatable bonds is 2. The maximum atomic E-state index is 11.5. The number of carbonyl (C=O) groups excluding carboxylic acids is 1. The molecule has 0 aliphatic heterocycles. The zero-order valence-corrected chi connectivity index (χ0v) is 11.8. The molecule has 0 atom stereocenters. The third-order valence-corrected chi connectivity index (χ3v) is 2.26. The van der Waals surface area contributed by atoms with Gasteiger partial charge in [-0.15, -0.1) is 0 Å². The normalized spacial score (nSPS) is 12.4. The maximum Gasteiger partial charge on any atom is 0.335 e. The Morgan fingerprint density at radius 2 is 1.72 bits per heavy atom. The highest BCUT2D eigenvalue weighted by molar-refractivity contribution is 6.34. The Labute approximate surface area is 116 Å². The lowest BCUT2D eigenvalue weighted by Crippen LogP contribution is -2.22. The fraction of sp³-hybridized carbons (Fsp3) is 0.308. The van der Waals surface area contributed by atoms with Crippen molar-refractivity contribution in [2.24, 2.45) is 0 Å². The Morgan fingerprint density at radius 3 is 2.17 bits per heavy atom. The fourth-order valence-electron chi connectivity index (χ4n) is 1.23. The third kappa shape index (κ3) is 4.98. The van der Waals surface area contributed by atoms with Crippen molar-refractivity contribution in [3.05, 3.63) is 39.9 Å². The Hall–Kier alpha value is -1.19. The third-order valence-electron chi connectivity index (χ3n) is 1.82. The molecule has 1 aromatic carbocycles. The molecule has 0 saturated carbocycles. The van der Waals surface area contributed by atoms with Gasteiger partial charge < -0.3 is 9.84 Å². The topological polar surface area (TPSA) is 46.5 Å². The molecule has 1 rings (SSSR count). The van der Waals surface area contributed by atoms with Gasteiger partial charge in [0.15, 0.2) is 0 Å². The zero-order chi connectivity index (χ0) is 13.9. The molecule has 0 saturated heterocycles. The summed E-state index contributed by atoms with van der Waals surface area (Å²) in [6, 6.07) is 4.54. The summed E-state index contributed by atoms with van der Waals surface area (Å²) in [6.07, 6.45) is 0.993. The van der Waals surface area contributed by atoms with E-state index >= 15 is 0 Å². The minimum absolute atomic E-state index is 0.242. The van der Waals surface area contributed by atoms with E-state index < -0.39 is 11.6 Å². The molecule has 0 aromatic heterocycles. The van der Waals surface area contributed by atoms with Crippen molar-refractivity contribution < 1.29 is 14.6 Å². The molecule has 3 nitrogen and oxygen atoms in total. The van der Waals surface area contributed by atoms with Gasteiger partial charge in [0.05, 0.1) is 6.08 Å². The number of hydrogen-bond donors (Lipinski definition) is 1. The van der Waals surface area contributed by atoms with Crippen LogP contribution in [0.4, 0.5) is 0 Å². The van der Waals surface area contributed by atoms with Crippen molar-refractivity contribution in [1.82, 2.24) is 0 Å². The van der Waals surface area contributed by atoms with Crippen molar-refractivity contribution in [1.29, 1.82) is 0 Å². The van der Waals surface area contributed by atoms with E-state index in [1.54, 1.807) is 20.8 Å². The average Bonchev–Trinajstić information content (AvgIpc) is 2.12. The second-order valence-electron chi connectivity index (χ2n) is 4.72. The van der Waals surface area contributed by atoms with Crippen LogP contribution in [0.3, 0.4) is 0 Å². The van der Waals surface area contributed by atoms with Crippen LogP contribution in [-0.2, 0) is 9.53 Å². The molecule has 0 bridgehead atoms. The Bertz CT molecular complexity index is 467. The second-order valence-corrected chi connectivity index (χ2v) is 5.59. The number of aliphatic hydroxyl groups excluding tert-OH is 1. The van der Waals surface area contributed by atoms with Gasteiger partial charge in [0, 0.05) is 15.6 Å². The molecule has 0 aliphatic rings. The quantitative estimate of drug-likeness (QED) is 0.503.